The molecular weight excluding hydrogens is 360 g/mol. The van der Waals surface area contributed by atoms with Crippen molar-refractivity contribution >= 4 is 11.6 Å². The molecule has 0 aliphatic carbocycles. The van der Waals surface area contributed by atoms with Gasteiger partial charge in [0, 0.05) is 31.7 Å². The molecule has 2 aromatic carbocycles. The Morgan fingerprint density at radius 1 is 1.11 bits per heavy atom. The van der Waals surface area contributed by atoms with Crippen LogP contribution in [0.1, 0.15) is 30.9 Å². The highest BCUT2D eigenvalue weighted by Crippen LogP contribution is 2.31. The minimum Gasteiger partial charge on any atom is -0.372 e. The van der Waals surface area contributed by atoms with Crippen LogP contribution in [0, 0.1) is 5.82 Å². The molecule has 7 heteroatoms. The van der Waals surface area contributed by atoms with Gasteiger partial charge < -0.3 is 10.2 Å². The van der Waals surface area contributed by atoms with Crippen molar-refractivity contribution in [2.75, 3.05) is 11.9 Å². The topological polar surface area (TPSA) is 32.3 Å². The van der Waals surface area contributed by atoms with Crippen molar-refractivity contribution in [1.29, 1.82) is 0 Å². The molecule has 146 valence electrons. The molecule has 1 N–H and O–H groups in total. The van der Waals surface area contributed by atoms with E-state index in [-0.39, 0.29) is 36.3 Å². The third kappa shape index (κ3) is 5.98. The molecule has 1 atom stereocenters. The van der Waals surface area contributed by atoms with Gasteiger partial charge in [-0.3, -0.25) is 4.79 Å². The van der Waals surface area contributed by atoms with Crippen molar-refractivity contribution in [3.63, 3.8) is 0 Å². The van der Waals surface area contributed by atoms with E-state index < -0.39 is 11.7 Å². The maximum Gasteiger partial charge on any atom is 0.416 e. The van der Waals surface area contributed by atoms with E-state index >= 15 is 0 Å². The number of anilines is 1. The summed E-state index contributed by atoms with van der Waals surface area (Å²) in [5, 5.41) is 2.55. The van der Waals surface area contributed by atoms with E-state index in [1.54, 1.807) is 12.1 Å². The van der Waals surface area contributed by atoms with Crippen LogP contribution in [-0.4, -0.2) is 19.0 Å². The fraction of sp³-hybridized carbons (Fsp3) is 0.350. The Hall–Kier alpha value is -2.57. The van der Waals surface area contributed by atoms with Crippen LogP contribution in [0.5, 0.6) is 0 Å². The minimum atomic E-state index is -4.45. The van der Waals surface area contributed by atoms with E-state index in [0.717, 1.165) is 11.8 Å². The Bertz CT molecular complexity index is 759. The highest BCUT2D eigenvalue weighted by Gasteiger charge is 2.32. The van der Waals surface area contributed by atoms with Gasteiger partial charge in [-0.05, 0) is 49.2 Å². The number of carbonyl (C=O) groups is 1. The number of benzene rings is 2. The van der Waals surface area contributed by atoms with Crippen molar-refractivity contribution in [2.24, 2.45) is 0 Å². The highest BCUT2D eigenvalue weighted by atomic mass is 19.4. The summed E-state index contributed by atoms with van der Waals surface area (Å²) in [6, 6.07) is 11.2. The van der Waals surface area contributed by atoms with E-state index in [0.29, 0.717) is 6.42 Å². The molecule has 0 heterocycles. The summed E-state index contributed by atoms with van der Waals surface area (Å²) in [6.07, 6.45) is -3.75. The zero-order valence-electron chi connectivity index (χ0n) is 15.2. The molecule has 1 unspecified atom stereocenters. The number of hydrogen-bond acceptors (Lipinski definition) is 2. The molecule has 0 fully saturated rings. The van der Waals surface area contributed by atoms with Gasteiger partial charge in [0.25, 0.3) is 0 Å². The Kier molecular flexibility index (Phi) is 6.82. The van der Waals surface area contributed by atoms with Gasteiger partial charge in [-0.1, -0.05) is 18.2 Å². The van der Waals surface area contributed by atoms with Crippen LogP contribution in [-0.2, 0) is 17.5 Å². The molecule has 0 aliphatic rings. The van der Waals surface area contributed by atoms with Gasteiger partial charge in [0.2, 0.25) is 5.91 Å². The second-order valence-corrected chi connectivity index (χ2v) is 6.41. The fourth-order valence-corrected chi connectivity index (χ4v) is 2.70. The van der Waals surface area contributed by atoms with E-state index in [9.17, 15) is 22.4 Å². The van der Waals surface area contributed by atoms with Crippen molar-refractivity contribution in [3.8, 4) is 0 Å². The molecule has 2 aromatic rings. The minimum absolute atomic E-state index is 0.00340. The fourth-order valence-electron chi connectivity index (χ4n) is 2.70. The van der Waals surface area contributed by atoms with Crippen LogP contribution < -0.4 is 10.2 Å². The molecule has 27 heavy (non-hydrogen) atoms. The zero-order chi connectivity index (χ0) is 20.0. The van der Waals surface area contributed by atoms with Crippen LogP contribution in [0.2, 0.25) is 0 Å². The van der Waals surface area contributed by atoms with Crippen LogP contribution in [0.15, 0.2) is 48.5 Å². The Labute approximate surface area is 156 Å². The molecule has 2 rings (SSSR count). The summed E-state index contributed by atoms with van der Waals surface area (Å²) >= 11 is 0. The summed E-state index contributed by atoms with van der Waals surface area (Å²) in [5.74, 6) is -0.635. The third-order valence-electron chi connectivity index (χ3n) is 4.48. The highest BCUT2D eigenvalue weighted by molar-refractivity contribution is 5.76. The standard InChI is InChI=1S/C20H22F4N2O/c1-14(26(2)17-10-8-16(21)9-11-17)7-12-19(27)25-13-15-5-3-4-6-18(15)20(22,23)24/h3-6,8-11,14H,7,12-13H2,1-2H3,(H,25,27). The number of rotatable bonds is 7. The molecule has 1 amide bonds. The van der Waals surface area contributed by atoms with Crippen molar-refractivity contribution in [3.05, 3.63) is 65.5 Å². The first kappa shape index (κ1) is 20.7. The van der Waals surface area contributed by atoms with Gasteiger partial charge in [0.15, 0.2) is 0 Å². The monoisotopic (exact) mass is 382 g/mol. The number of hydrogen-bond donors (Lipinski definition) is 1. The summed E-state index contributed by atoms with van der Waals surface area (Å²) in [7, 11) is 1.84. The molecule has 0 bridgehead atoms. The number of nitrogens with zero attached hydrogens (tertiary/aromatic N) is 1. The zero-order valence-corrected chi connectivity index (χ0v) is 15.2. The number of halogens is 4. The maximum atomic E-state index is 13.0. The number of alkyl halides is 3. The van der Waals surface area contributed by atoms with Crippen LogP contribution in [0.4, 0.5) is 23.2 Å². The average molecular weight is 382 g/mol. The van der Waals surface area contributed by atoms with Gasteiger partial charge in [-0.25, -0.2) is 4.39 Å². The molecular formula is C20H22F4N2O. The molecule has 0 aliphatic heterocycles. The Morgan fingerprint density at radius 3 is 2.37 bits per heavy atom. The lowest BCUT2D eigenvalue weighted by Gasteiger charge is -2.27. The van der Waals surface area contributed by atoms with Crippen LogP contribution in [0.25, 0.3) is 0 Å². The Morgan fingerprint density at radius 2 is 1.74 bits per heavy atom. The molecule has 0 radical (unpaired) electrons. The van der Waals surface area contributed by atoms with E-state index in [2.05, 4.69) is 5.32 Å². The SMILES string of the molecule is CC(CCC(=O)NCc1ccccc1C(F)(F)F)N(C)c1ccc(F)cc1. The first-order chi connectivity index (χ1) is 12.7. The normalized spacial score (nSPS) is 12.5. The number of nitrogens with one attached hydrogen (secondary N) is 1. The molecule has 0 saturated carbocycles. The molecule has 0 saturated heterocycles. The predicted molar refractivity (Wildman–Crippen MR) is 96.8 cm³/mol. The first-order valence-electron chi connectivity index (χ1n) is 8.58. The average Bonchev–Trinajstić information content (AvgIpc) is 2.64. The number of carbonyl (C=O) groups excluding carboxylic acids is 1. The summed E-state index contributed by atoms with van der Waals surface area (Å²) < 4.78 is 51.9. The van der Waals surface area contributed by atoms with Gasteiger partial charge in [-0.2, -0.15) is 13.2 Å². The van der Waals surface area contributed by atoms with Gasteiger partial charge in [0.05, 0.1) is 5.56 Å². The first-order valence-corrected chi connectivity index (χ1v) is 8.58. The van der Waals surface area contributed by atoms with Gasteiger partial charge in [-0.15, -0.1) is 0 Å². The second kappa shape index (κ2) is 8.88. The van der Waals surface area contributed by atoms with Crippen LogP contribution in [0.3, 0.4) is 0 Å². The van der Waals surface area contributed by atoms with Gasteiger partial charge >= 0.3 is 6.18 Å². The summed E-state index contributed by atoms with van der Waals surface area (Å²) in [6.45, 7) is 1.76. The Balaban J connectivity index is 1.85. The second-order valence-electron chi connectivity index (χ2n) is 6.41. The largest absolute Gasteiger partial charge is 0.416 e. The van der Waals surface area contributed by atoms with Crippen molar-refractivity contribution in [2.45, 2.75) is 38.5 Å². The van der Waals surface area contributed by atoms with E-state index in [1.807, 2.05) is 18.9 Å². The van der Waals surface area contributed by atoms with Crippen LogP contribution >= 0.6 is 0 Å². The molecule has 0 aromatic heterocycles. The third-order valence-corrected chi connectivity index (χ3v) is 4.48. The summed E-state index contributed by atoms with van der Waals surface area (Å²) in [5.41, 5.74) is 0.118. The predicted octanol–water partition coefficient (Wildman–Crippen LogP) is 4.77. The van der Waals surface area contributed by atoms with Crippen molar-refractivity contribution in [1.82, 2.24) is 5.32 Å². The smallest absolute Gasteiger partial charge is 0.372 e. The van der Waals surface area contributed by atoms with Gasteiger partial charge in [0.1, 0.15) is 5.82 Å². The number of amides is 1. The van der Waals surface area contributed by atoms with E-state index in [4.69, 9.17) is 0 Å². The molecule has 0 spiro atoms. The lowest BCUT2D eigenvalue weighted by Crippen LogP contribution is -2.31. The van der Waals surface area contributed by atoms with Crippen molar-refractivity contribution < 1.29 is 22.4 Å². The maximum absolute atomic E-state index is 13.0. The quantitative estimate of drug-likeness (QED) is 0.700. The lowest BCUT2D eigenvalue weighted by atomic mass is 10.1. The molecule has 3 nitrogen and oxygen atoms in total. The van der Waals surface area contributed by atoms with E-state index in [1.165, 1.54) is 30.3 Å². The lowest BCUT2D eigenvalue weighted by molar-refractivity contribution is -0.138. The summed E-state index contributed by atoms with van der Waals surface area (Å²) in [4.78, 5) is 13.9.